The van der Waals surface area contributed by atoms with Crippen molar-refractivity contribution in [2.75, 3.05) is 6.54 Å². The van der Waals surface area contributed by atoms with E-state index in [1.54, 1.807) is 18.2 Å². The summed E-state index contributed by atoms with van der Waals surface area (Å²) >= 11 is 6.15. The number of carbonyl (C=O) groups is 1. The molecule has 1 aromatic heterocycles. The number of hydrogen-bond acceptors (Lipinski definition) is 2. The van der Waals surface area contributed by atoms with E-state index in [0.29, 0.717) is 42.2 Å². The maximum absolute atomic E-state index is 14.1. The van der Waals surface area contributed by atoms with Gasteiger partial charge in [-0.3, -0.25) is 4.79 Å². The van der Waals surface area contributed by atoms with Gasteiger partial charge in [-0.25, -0.2) is 4.39 Å². The summed E-state index contributed by atoms with van der Waals surface area (Å²) < 4.78 is 16.0. The Balaban J connectivity index is 2.37. The van der Waals surface area contributed by atoms with Gasteiger partial charge in [0, 0.05) is 34.8 Å². The summed E-state index contributed by atoms with van der Waals surface area (Å²) in [7, 11) is 0. The van der Waals surface area contributed by atoms with E-state index in [2.05, 4.69) is 11.4 Å². The van der Waals surface area contributed by atoms with Gasteiger partial charge in [0.15, 0.2) is 0 Å². The van der Waals surface area contributed by atoms with Crippen LogP contribution < -0.4 is 5.32 Å². The summed E-state index contributed by atoms with van der Waals surface area (Å²) in [5.41, 5.74) is 1.42. The van der Waals surface area contributed by atoms with Gasteiger partial charge >= 0.3 is 0 Å². The molecule has 0 bridgehead atoms. The maximum atomic E-state index is 14.1. The van der Waals surface area contributed by atoms with E-state index >= 15 is 0 Å². The van der Waals surface area contributed by atoms with Gasteiger partial charge in [-0.2, -0.15) is 5.26 Å². The summed E-state index contributed by atoms with van der Waals surface area (Å²) in [4.78, 5) is 10.4. The van der Waals surface area contributed by atoms with Gasteiger partial charge < -0.3 is 9.88 Å². The smallest absolute Gasteiger partial charge is 0.207 e. The average Bonchev–Trinajstić information content (AvgIpc) is 2.95. The number of hydrogen-bond donors (Lipinski definition) is 1. The summed E-state index contributed by atoms with van der Waals surface area (Å²) in [5, 5.41) is 12.3. The van der Waals surface area contributed by atoms with E-state index in [4.69, 9.17) is 11.6 Å². The SMILES string of the molecule is CC(C)(Cc1c(F)cccc1Cl)c1ccc(C#N)n1CCNC=O. The van der Waals surface area contributed by atoms with Crippen LogP contribution in [0.1, 0.15) is 30.8 Å². The molecule has 0 saturated carbocycles. The minimum atomic E-state index is -0.442. The standard InChI is InChI=1S/C18H19ClFN3O/c1-18(2,10-14-15(19)4-3-5-16(14)20)17-7-6-13(11-21)23(17)9-8-22-12-24/h3-7,12H,8-10H2,1-2H3,(H,22,24). The number of nitriles is 1. The first kappa shape index (κ1) is 18.0. The fourth-order valence-corrected chi connectivity index (χ4v) is 3.10. The zero-order chi connectivity index (χ0) is 17.7. The van der Waals surface area contributed by atoms with Crippen molar-refractivity contribution in [1.29, 1.82) is 5.26 Å². The summed E-state index contributed by atoms with van der Waals surface area (Å²) in [6.07, 6.45) is 1.02. The Kier molecular flexibility index (Phi) is 5.63. The molecule has 1 amide bonds. The van der Waals surface area contributed by atoms with E-state index in [0.717, 1.165) is 5.69 Å². The molecular formula is C18H19ClFN3O. The summed E-state index contributed by atoms with van der Waals surface area (Å²) in [5.74, 6) is -0.336. The van der Waals surface area contributed by atoms with Crippen molar-refractivity contribution in [2.45, 2.75) is 32.2 Å². The molecule has 2 aromatic rings. The van der Waals surface area contributed by atoms with Gasteiger partial charge in [-0.1, -0.05) is 31.5 Å². The van der Waals surface area contributed by atoms with Gasteiger partial charge in [0.05, 0.1) is 0 Å². The number of amides is 1. The van der Waals surface area contributed by atoms with Gasteiger partial charge in [0.25, 0.3) is 0 Å². The molecule has 1 N–H and O–H groups in total. The van der Waals surface area contributed by atoms with Crippen molar-refractivity contribution in [3.8, 4) is 6.07 Å². The Labute approximate surface area is 145 Å². The van der Waals surface area contributed by atoms with E-state index in [1.807, 2.05) is 24.5 Å². The van der Waals surface area contributed by atoms with Crippen LogP contribution >= 0.6 is 11.6 Å². The third kappa shape index (κ3) is 3.77. The number of rotatable bonds is 7. The van der Waals surface area contributed by atoms with Crippen LogP contribution in [-0.2, 0) is 23.2 Å². The average molecular weight is 348 g/mol. The maximum Gasteiger partial charge on any atom is 0.207 e. The molecule has 0 aliphatic heterocycles. The highest BCUT2D eigenvalue weighted by molar-refractivity contribution is 6.31. The molecule has 24 heavy (non-hydrogen) atoms. The number of nitrogens with zero attached hydrogens (tertiary/aromatic N) is 2. The van der Waals surface area contributed by atoms with Crippen LogP contribution in [0.5, 0.6) is 0 Å². The second-order valence-electron chi connectivity index (χ2n) is 6.20. The molecule has 2 rings (SSSR count). The van der Waals surface area contributed by atoms with Gasteiger partial charge in [-0.05, 0) is 30.7 Å². The lowest BCUT2D eigenvalue weighted by Crippen LogP contribution is -2.28. The van der Waals surface area contributed by atoms with Crippen molar-refractivity contribution in [3.05, 3.63) is 58.1 Å². The largest absolute Gasteiger partial charge is 0.357 e. The molecule has 1 aromatic carbocycles. The Hall–Kier alpha value is -2.32. The van der Waals surface area contributed by atoms with Crippen LogP contribution in [0.3, 0.4) is 0 Å². The molecule has 0 saturated heterocycles. The number of halogens is 2. The van der Waals surface area contributed by atoms with Gasteiger partial charge in [0.2, 0.25) is 6.41 Å². The fourth-order valence-electron chi connectivity index (χ4n) is 2.87. The molecule has 126 valence electrons. The highest BCUT2D eigenvalue weighted by atomic mass is 35.5. The van der Waals surface area contributed by atoms with Crippen LogP contribution in [0, 0.1) is 17.1 Å². The Morgan fingerprint density at radius 2 is 2.12 bits per heavy atom. The fraction of sp³-hybridized carbons (Fsp3) is 0.333. The van der Waals surface area contributed by atoms with Crippen molar-refractivity contribution in [2.24, 2.45) is 0 Å². The van der Waals surface area contributed by atoms with Crippen molar-refractivity contribution >= 4 is 18.0 Å². The highest BCUT2D eigenvalue weighted by Crippen LogP contribution is 2.32. The quantitative estimate of drug-likeness (QED) is 0.616. The highest BCUT2D eigenvalue weighted by Gasteiger charge is 2.28. The van der Waals surface area contributed by atoms with Crippen LogP contribution in [0.4, 0.5) is 4.39 Å². The Bertz CT molecular complexity index is 757. The summed E-state index contributed by atoms with van der Waals surface area (Å²) in [6.45, 7) is 4.85. The predicted octanol–water partition coefficient (Wildman–Crippen LogP) is 3.42. The van der Waals surface area contributed by atoms with Crippen LogP contribution in [0.2, 0.25) is 5.02 Å². The first-order chi connectivity index (χ1) is 11.4. The minimum Gasteiger partial charge on any atom is -0.357 e. The van der Waals surface area contributed by atoms with Crippen molar-refractivity contribution in [1.82, 2.24) is 9.88 Å². The molecule has 0 fully saturated rings. The third-order valence-corrected chi connectivity index (χ3v) is 4.39. The van der Waals surface area contributed by atoms with Gasteiger partial charge in [0.1, 0.15) is 17.6 Å². The zero-order valence-electron chi connectivity index (χ0n) is 13.6. The monoisotopic (exact) mass is 347 g/mol. The van der Waals surface area contributed by atoms with Crippen molar-refractivity contribution < 1.29 is 9.18 Å². The molecule has 0 aliphatic carbocycles. The topological polar surface area (TPSA) is 57.8 Å². The van der Waals surface area contributed by atoms with Gasteiger partial charge in [-0.15, -0.1) is 0 Å². The molecule has 0 radical (unpaired) electrons. The third-order valence-electron chi connectivity index (χ3n) is 4.03. The second-order valence-corrected chi connectivity index (χ2v) is 6.61. The van der Waals surface area contributed by atoms with Crippen LogP contribution in [0.25, 0.3) is 0 Å². The minimum absolute atomic E-state index is 0.336. The van der Waals surface area contributed by atoms with E-state index < -0.39 is 5.41 Å². The summed E-state index contributed by atoms with van der Waals surface area (Å²) in [6, 6.07) is 10.4. The predicted molar refractivity (Wildman–Crippen MR) is 91.4 cm³/mol. The van der Waals surface area contributed by atoms with E-state index in [9.17, 15) is 14.4 Å². The lowest BCUT2D eigenvalue weighted by molar-refractivity contribution is -0.109. The molecule has 1 heterocycles. The first-order valence-corrected chi connectivity index (χ1v) is 7.98. The Morgan fingerprint density at radius 3 is 2.75 bits per heavy atom. The van der Waals surface area contributed by atoms with E-state index in [1.165, 1.54) is 6.07 Å². The molecule has 0 atom stereocenters. The first-order valence-electron chi connectivity index (χ1n) is 7.60. The molecular weight excluding hydrogens is 329 g/mol. The molecule has 0 unspecified atom stereocenters. The lowest BCUT2D eigenvalue weighted by atomic mass is 9.82. The van der Waals surface area contributed by atoms with Crippen molar-refractivity contribution in [3.63, 3.8) is 0 Å². The second kappa shape index (κ2) is 7.50. The lowest BCUT2D eigenvalue weighted by Gasteiger charge is -2.28. The van der Waals surface area contributed by atoms with Crippen LogP contribution in [0.15, 0.2) is 30.3 Å². The number of nitrogens with one attached hydrogen (secondary N) is 1. The number of aromatic nitrogens is 1. The molecule has 4 nitrogen and oxygen atoms in total. The Morgan fingerprint density at radius 1 is 1.38 bits per heavy atom. The number of benzene rings is 1. The molecule has 0 spiro atoms. The normalized spacial score (nSPS) is 11.1. The molecule has 6 heteroatoms. The number of carbonyl (C=O) groups excluding carboxylic acids is 1. The zero-order valence-corrected chi connectivity index (χ0v) is 14.4. The molecule has 0 aliphatic rings. The van der Waals surface area contributed by atoms with E-state index in [-0.39, 0.29) is 5.82 Å². The van der Waals surface area contributed by atoms with Crippen LogP contribution in [-0.4, -0.2) is 17.5 Å².